The summed E-state index contributed by atoms with van der Waals surface area (Å²) >= 11 is 10.2. The Morgan fingerprint density at radius 3 is 2.39 bits per heavy atom. The van der Waals surface area contributed by atoms with Crippen LogP contribution in [0.3, 0.4) is 0 Å². The van der Waals surface area contributed by atoms with Crippen LogP contribution in [-0.4, -0.2) is 13.2 Å². The minimum atomic E-state index is 0.323. The van der Waals surface area contributed by atoms with E-state index < -0.39 is 0 Å². The molecule has 1 heterocycles. The maximum atomic E-state index is 6.37. The highest BCUT2D eigenvalue weighted by atomic mass is 79.9. The lowest BCUT2D eigenvalue weighted by atomic mass is 9.97. The molecule has 3 rings (SSSR count). The summed E-state index contributed by atoms with van der Waals surface area (Å²) in [7, 11) is 0. The van der Waals surface area contributed by atoms with Gasteiger partial charge in [0.2, 0.25) is 0 Å². The molecule has 0 radical (unpaired) electrons. The molecule has 2 aliphatic rings. The zero-order valence-corrected chi connectivity index (χ0v) is 12.5. The Morgan fingerprint density at radius 1 is 1.11 bits per heavy atom. The number of rotatable bonds is 2. The molecule has 4 heteroatoms. The molecule has 1 aromatic rings. The summed E-state index contributed by atoms with van der Waals surface area (Å²) in [6, 6.07) is 3.92. The molecule has 0 bridgehead atoms. The minimum absolute atomic E-state index is 0.323. The van der Waals surface area contributed by atoms with E-state index in [4.69, 9.17) is 21.1 Å². The van der Waals surface area contributed by atoms with E-state index in [0.717, 1.165) is 22.1 Å². The summed E-state index contributed by atoms with van der Waals surface area (Å²) in [6.07, 6.45) is 5.21. The van der Waals surface area contributed by atoms with E-state index in [9.17, 15) is 0 Å². The molecule has 1 saturated carbocycles. The lowest BCUT2D eigenvalue weighted by Crippen LogP contribution is -2.16. The molecular weight excluding hydrogens is 316 g/mol. The second kappa shape index (κ2) is 5.30. The highest BCUT2D eigenvalue weighted by Crippen LogP contribution is 2.46. The van der Waals surface area contributed by atoms with Gasteiger partial charge in [-0.1, -0.05) is 40.4 Å². The van der Waals surface area contributed by atoms with Gasteiger partial charge in [0.25, 0.3) is 0 Å². The van der Waals surface area contributed by atoms with Crippen molar-refractivity contribution in [2.45, 2.75) is 30.5 Å². The fourth-order valence-electron chi connectivity index (χ4n) is 2.80. The van der Waals surface area contributed by atoms with Crippen LogP contribution in [0.15, 0.2) is 12.1 Å². The molecule has 1 aromatic carbocycles. The quantitative estimate of drug-likeness (QED) is 0.729. The predicted molar refractivity (Wildman–Crippen MR) is 76.1 cm³/mol. The normalized spacial score (nSPS) is 21.0. The van der Waals surface area contributed by atoms with Crippen LogP contribution in [0.1, 0.15) is 36.1 Å². The van der Waals surface area contributed by atoms with Gasteiger partial charge in [0.05, 0.1) is 0 Å². The Kier molecular flexibility index (Phi) is 3.71. The van der Waals surface area contributed by atoms with Gasteiger partial charge in [-0.2, -0.15) is 0 Å². The first kappa shape index (κ1) is 12.6. The first-order valence-electron chi connectivity index (χ1n) is 6.49. The van der Waals surface area contributed by atoms with Crippen LogP contribution in [0, 0.1) is 5.92 Å². The van der Waals surface area contributed by atoms with Crippen LogP contribution in [0.5, 0.6) is 11.5 Å². The maximum Gasteiger partial charge on any atom is 0.162 e. The third-order valence-electron chi connectivity index (χ3n) is 3.77. The Morgan fingerprint density at radius 2 is 1.72 bits per heavy atom. The Labute approximate surface area is 121 Å². The molecule has 1 aliphatic carbocycles. The summed E-state index contributed by atoms with van der Waals surface area (Å²) in [5, 5.41) is 0.771. The predicted octanol–water partition coefficient (Wildman–Crippen LogP) is 4.74. The van der Waals surface area contributed by atoms with Crippen LogP contribution in [0.4, 0.5) is 0 Å². The van der Waals surface area contributed by atoms with Crippen LogP contribution in [0.25, 0.3) is 0 Å². The summed E-state index contributed by atoms with van der Waals surface area (Å²) < 4.78 is 11.2. The van der Waals surface area contributed by atoms with Gasteiger partial charge < -0.3 is 9.47 Å². The van der Waals surface area contributed by atoms with Crippen LogP contribution >= 0.6 is 27.5 Å². The van der Waals surface area contributed by atoms with Gasteiger partial charge in [-0.3, -0.25) is 0 Å². The van der Waals surface area contributed by atoms with Gasteiger partial charge in [0, 0.05) is 15.9 Å². The number of alkyl halides is 1. The molecule has 0 spiro atoms. The number of benzene rings is 1. The highest BCUT2D eigenvalue weighted by Gasteiger charge is 2.27. The van der Waals surface area contributed by atoms with Gasteiger partial charge in [0.1, 0.15) is 13.2 Å². The van der Waals surface area contributed by atoms with E-state index in [1.807, 2.05) is 12.1 Å². The van der Waals surface area contributed by atoms with Crippen molar-refractivity contribution in [1.29, 1.82) is 0 Å². The number of hydrogen-bond acceptors (Lipinski definition) is 2. The van der Waals surface area contributed by atoms with Crippen LogP contribution < -0.4 is 9.47 Å². The molecule has 1 aliphatic heterocycles. The summed E-state index contributed by atoms with van der Waals surface area (Å²) in [5.74, 6) is 2.27. The van der Waals surface area contributed by atoms with E-state index in [1.165, 1.54) is 25.7 Å². The van der Waals surface area contributed by atoms with Gasteiger partial charge in [-0.05, 0) is 30.4 Å². The van der Waals surface area contributed by atoms with Crippen molar-refractivity contribution in [3.8, 4) is 11.5 Å². The molecule has 2 nitrogen and oxygen atoms in total. The standard InChI is InChI=1S/C14H16BrClO2/c15-14(9-3-1-2-4-9)10-7-12-13(8-11(10)16)18-6-5-17-12/h7-9,14H,1-6H2. The Bertz CT molecular complexity index is 444. The number of hydrogen-bond donors (Lipinski definition) is 0. The van der Waals surface area contributed by atoms with Gasteiger partial charge in [0.15, 0.2) is 11.5 Å². The fraction of sp³-hybridized carbons (Fsp3) is 0.571. The average molecular weight is 332 g/mol. The zero-order valence-electron chi connectivity index (χ0n) is 10.1. The van der Waals surface area contributed by atoms with Gasteiger partial charge in [-0.25, -0.2) is 0 Å². The van der Waals surface area contributed by atoms with Crippen LogP contribution in [0.2, 0.25) is 5.02 Å². The SMILES string of the molecule is Clc1cc2c(cc1C(Br)C1CCCC1)OCCO2. The Balaban J connectivity index is 1.90. The number of halogens is 2. The molecule has 18 heavy (non-hydrogen) atoms. The molecule has 1 atom stereocenters. The fourth-order valence-corrected chi connectivity index (χ4v) is 4.11. The van der Waals surface area contributed by atoms with Gasteiger partial charge in [-0.15, -0.1) is 0 Å². The molecule has 0 amide bonds. The van der Waals surface area contributed by atoms with Crippen molar-refractivity contribution in [2.75, 3.05) is 13.2 Å². The topological polar surface area (TPSA) is 18.5 Å². The van der Waals surface area contributed by atoms with Crippen molar-refractivity contribution in [1.82, 2.24) is 0 Å². The molecule has 0 aromatic heterocycles. The van der Waals surface area contributed by atoms with E-state index >= 15 is 0 Å². The molecule has 1 unspecified atom stereocenters. The maximum absolute atomic E-state index is 6.37. The second-order valence-electron chi connectivity index (χ2n) is 4.96. The molecular formula is C14H16BrClO2. The number of fused-ring (bicyclic) bond motifs is 1. The van der Waals surface area contributed by atoms with Crippen LogP contribution in [-0.2, 0) is 0 Å². The van der Waals surface area contributed by atoms with Crippen molar-refractivity contribution < 1.29 is 9.47 Å². The zero-order chi connectivity index (χ0) is 12.5. The monoisotopic (exact) mass is 330 g/mol. The molecule has 98 valence electrons. The summed E-state index contributed by atoms with van der Waals surface area (Å²) in [6.45, 7) is 1.22. The smallest absolute Gasteiger partial charge is 0.162 e. The van der Waals surface area contributed by atoms with Crippen molar-refractivity contribution in [3.05, 3.63) is 22.7 Å². The lowest BCUT2D eigenvalue weighted by molar-refractivity contribution is 0.171. The van der Waals surface area contributed by atoms with E-state index in [2.05, 4.69) is 15.9 Å². The lowest BCUT2D eigenvalue weighted by Gasteiger charge is -2.23. The summed E-state index contributed by atoms with van der Waals surface area (Å²) in [5.41, 5.74) is 1.13. The van der Waals surface area contributed by atoms with Gasteiger partial charge >= 0.3 is 0 Å². The van der Waals surface area contributed by atoms with E-state index in [1.54, 1.807) is 0 Å². The largest absolute Gasteiger partial charge is 0.486 e. The summed E-state index contributed by atoms with van der Waals surface area (Å²) in [4.78, 5) is 0.323. The third kappa shape index (κ3) is 2.35. The molecule has 0 N–H and O–H groups in total. The Hall–Kier alpha value is -0.410. The van der Waals surface area contributed by atoms with Crippen molar-refractivity contribution in [2.24, 2.45) is 5.92 Å². The first-order valence-corrected chi connectivity index (χ1v) is 7.78. The van der Waals surface area contributed by atoms with Crippen molar-refractivity contribution in [3.63, 3.8) is 0 Å². The van der Waals surface area contributed by atoms with E-state index in [-0.39, 0.29) is 0 Å². The molecule has 1 fully saturated rings. The number of ether oxygens (including phenoxy) is 2. The first-order chi connectivity index (χ1) is 8.75. The third-order valence-corrected chi connectivity index (χ3v) is 5.34. The van der Waals surface area contributed by atoms with Crippen molar-refractivity contribution >= 4 is 27.5 Å². The molecule has 0 saturated heterocycles. The van der Waals surface area contributed by atoms with E-state index in [0.29, 0.717) is 24.0 Å². The average Bonchev–Trinajstić information content (AvgIpc) is 2.91. The minimum Gasteiger partial charge on any atom is -0.486 e. The second-order valence-corrected chi connectivity index (χ2v) is 6.36. The highest BCUT2D eigenvalue weighted by molar-refractivity contribution is 9.09.